The Labute approximate surface area is 157 Å². The van der Waals surface area contributed by atoms with Crippen LogP contribution in [0.3, 0.4) is 0 Å². The first-order chi connectivity index (χ1) is 10.8. The van der Waals surface area contributed by atoms with Gasteiger partial charge in [0.15, 0.2) is 9.84 Å². The first kappa shape index (κ1) is 21.9. The Bertz CT molecular complexity index is 597. The number of rotatable bonds is 7. The number of aryl methyl sites for hydroxylation is 1. The zero-order valence-electron chi connectivity index (χ0n) is 15.1. The van der Waals surface area contributed by atoms with Crippen LogP contribution < -0.4 is 5.32 Å². The fourth-order valence-corrected chi connectivity index (χ4v) is 6.56. The zero-order chi connectivity index (χ0) is 17.0. The Hall–Kier alpha value is -0.140. The Morgan fingerprint density at radius 3 is 2.46 bits per heavy atom. The van der Waals surface area contributed by atoms with Crippen molar-refractivity contribution in [1.29, 1.82) is 0 Å². The molecule has 1 aliphatic rings. The van der Waals surface area contributed by atoms with Crippen LogP contribution in [0.15, 0.2) is 11.4 Å². The maximum absolute atomic E-state index is 12.5. The minimum atomic E-state index is -3.11. The van der Waals surface area contributed by atoms with Crippen LogP contribution in [-0.4, -0.2) is 50.6 Å². The predicted molar refractivity (Wildman–Crippen MR) is 106 cm³/mol. The van der Waals surface area contributed by atoms with Gasteiger partial charge >= 0.3 is 0 Å². The molecular formula is C17H31ClN2O2S2. The van der Waals surface area contributed by atoms with Crippen molar-refractivity contribution in [3.05, 3.63) is 21.9 Å². The van der Waals surface area contributed by atoms with E-state index in [0.29, 0.717) is 0 Å². The highest BCUT2D eigenvalue weighted by atomic mass is 35.5. The monoisotopic (exact) mass is 394 g/mol. The second kappa shape index (κ2) is 9.53. The fraction of sp³-hybridized carbons (Fsp3) is 0.765. The van der Waals surface area contributed by atoms with E-state index in [9.17, 15) is 8.42 Å². The van der Waals surface area contributed by atoms with Crippen LogP contribution in [-0.2, 0) is 16.3 Å². The van der Waals surface area contributed by atoms with Gasteiger partial charge in [-0.05, 0) is 75.7 Å². The number of piperidine rings is 1. The summed E-state index contributed by atoms with van der Waals surface area (Å²) in [7, 11) is -3.11. The maximum atomic E-state index is 12.5. The van der Waals surface area contributed by atoms with E-state index >= 15 is 0 Å². The normalized spacial score (nSPS) is 19.0. The molecule has 2 heterocycles. The standard InChI is InChI=1S/C17H30N2O2S2.ClH/c1-5-19(14(3)11-16-10-13(2)12-22-16)17(23(4,20)21)15-6-8-18-9-7-15;/h10,12,14-15,17-18H,5-9,11H2,1-4H3;1H. The smallest absolute Gasteiger partial charge is 0.163 e. The Morgan fingerprint density at radius 2 is 2.00 bits per heavy atom. The molecule has 1 N–H and O–H groups in total. The first-order valence-electron chi connectivity index (χ1n) is 8.52. The first-order valence-corrected chi connectivity index (χ1v) is 11.4. The molecule has 2 atom stereocenters. The van der Waals surface area contributed by atoms with Crippen molar-refractivity contribution in [3.8, 4) is 0 Å². The molecule has 0 saturated carbocycles. The number of thiophene rings is 1. The second-order valence-corrected chi connectivity index (χ2v) is 9.92. The third kappa shape index (κ3) is 5.70. The largest absolute Gasteiger partial charge is 0.317 e. The zero-order valence-corrected chi connectivity index (χ0v) is 17.6. The van der Waals surface area contributed by atoms with Gasteiger partial charge < -0.3 is 5.32 Å². The van der Waals surface area contributed by atoms with Gasteiger partial charge in [-0.25, -0.2) is 8.42 Å². The van der Waals surface area contributed by atoms with E-state index in [0.717, 1.165) is 38.9 Å². The summed E-state index contributed by atoms with van der Waals surface area (Å²) in [6, 6.07) is 2.45. The molecule has 0 radical (unpaired) electrons. The van der Waals surface area contributed by atoms with E-state index in [1.54, 1.807) is 11.3 Å². The molecule has 0 aromatic carbocycles. The van der Waals surface area contributed by atoms with Crippen molar-refractivity contribution in [2.75, 3.05) is 25.9 Å². The summed E-state index contributed by atoms with van der Waals surface area (Å²) in [4.78, 5) is 3.55. The van der Waals surface area contributed by atoms with E-state index in [1.165, 1.54) is 16.7 Å². The number of halogens is 1. The van der Waals surface area contributed by atoms with Crippen LogP contribution in [0, 0.1) is 12.8 Å². The van der Waals surface area contributed by atoms with Crippen LogP contribution in [0.1, 0.15) is 37.1 Å². The van der Waals surface area contributed by atoms with Crippen LogP contribution in [0.25, 0.3) is 0 Å². The van der Waals surface area contributed by atoms with Gasteiger partial charge in [-0.2, -0.15) is 0 Å². The van der Waals surface area contributed by atoms with Gasteiger partial charge in [0.1, 0.15) is 5.37 Å². The van der Waals surface area contributed by atoms with Gasteiger partial charge in [0.05, 0.1) is 0 Å². The summed E-state index contributed by atoms with van der Waals surface area (Å²) in [6.45, 7) is 8.97. The van der Waals surface area contributed by atoms with Crippen molar-refractivity contribution >= 4 is 33.6 Å². The van der Waals surface area contributed by atoms with Gasteiger partial charge in [-0.15, -0.1) is 23.7 Å². The van der Waals surface area contributed by atoms with E-state index in [4.69, 9.17) is 0 Å². The number of hydrogen-bond donors (Lipinski definition) is 1. The minimum Gasteiger partial charge on any atom is -0.317 e. The second-order valence-electron chi connectivity index (χ2n) is 6.78. The number of likely N-dealkylation sites (N-methyl/N-ethyl adjacent to an activating group) is 1. The predicted octanol–water partition coefficient (Wildman–Crippen LogP) is 3.10. The highest BCUT2D eigenvalue weighted by Crippen LogP contribution is 2.28. The lowest BCUT2D eigenvalue weighted by molar-refractivity contribution is 0.138. The molecule has 0 bridgehead atoms. The molecular weight excluding hydrogens is 364 g/mol. The topological polar surface area (TPSA) is 49.4 Å². The van der Waals surface area contributed by atoms with Crippen LogP contribution in [0.2, 0.25) is 0 Å². The summed E-state index contributed by atoms with van der Waals surface area (Å²) in [5.41, 5.74) is 1.29. The molecule has 140 valence electrons. The average molecular weight is 395 g/mol. The van der Waals surface area contributed by atoms with E-state index in [2.05, 4.69) is 42.4 Å². The summed E-state index contributed by atoms with van der Waals surface area (Å²) in [6.07, 6.45) is 4.21. The number of sulfone groups is 1. The summed E-state index contributed by atoms with van der Waals surface area (Å²) >= 11 is 1.77. The van der Waals surface area contributed by atoms with Crippen molar-refractivity contribution in [2.24, 2.45) is 5.92 Å². The number of nitrogens with one attached hydrogen (secondary N) is 1. The van der Waals surface area contributed by atoms with E-state index in [-0.39, 0.29) is 29.7 Å². The molecule has 0 amide bonds. The van der Waals surface area contributed by atoms with Crippen molar-refractivity contribution < 1.29 is 8.42 Å². The summed E-state index contributed by atoms with van der Waals surface area (Å²) < 4.78 is 25.1. The maximum Gasteiger partial charge on any atom is 0.163 e. The Morgan fingerprint density at radius 1 is 1.38 bits per heavy atom. The third-order valence-corrected chi connectivity index (χ3v) is 7.38. The molecule has 0 aliphatic carbocycles. The molecule has 1 aromatic heterocycles. The molecule has 24 heavy (non-hydrogen) atoms. The van der Waals surface area contributed by atoms with Crippen LogP contribution >= 0.6 is 23.7 Å². The lowest BCUT2D eigenvalue weighted by Crippen LogP contribution is -2.52. The highest BCUT2D eigenvalue weighted by Gasteiger charge is 2.37. The van der Waals surface area contributed by atoms with Gasteiger partial charge in [-0.3, -0.25) is 4.90 Å². The molecule has 1 saturated heterocycles. The van der Waals surface area contributed by atoms with Crippen molar-refractivity contribution in [2.45, 2.75) is 51.4 Å². The van der Waals surface area contributed by atoms with Crippen molar-refractivity contribution in [3.63, 3.8) is 0 Å². The SMILES string of the molecule is CCN(C(C)Cc1cc(C)cs1)C(C1CCNCC1)S(C)(=O)=O.Cl. The van der Waals surface area contributed by atoms with E-state index < -0.39 is 9.84 Å². The molecule has 4 nitrogen and oxygen atoms in total. The average Bonchev–Trinajstić information content (AvgIpc) is 2.89. The highest BCUT2D eigenvalue weighted by molar-refractivity contribution is 7.91. The van der Waals surface area contributed by atoms with Gasteiger partial charge in [0.2, 0.25) is 0 Å². The van der Waals surface area contributed by atoms with Crippen LogP contribution in [0.4, 0.5) is 0 Å². The van der Waals surface area contributed by atoms with Crippen LogP contribution in [0.5, 0.6) is 0 Å². The van der Waals surface area contributed by atoms with Gasteiger partial charge in [0, 0.05) is 17.2 Å². The lowest BCUT2D eigenvalue weighted by Gasteiger charge is -2.40. The molecule has 0 spiro atoms. The van der Waals surface area contributed by atoms with Gasteiger partial charge in [-0.1, -0.05) is 6.92 Å². The Kier molecular flexibility index (Phi) is 8.70. The third-order valence-electron chi connectivity index (χ3n) is 4.77. The number of nitrogens with zero attached hydrogens (tertiary/aromatic N) is 1. The molecule has 2 unspecified atom stereocenters. The molecule has 1 fully saturated rings. The quantitative estimate of drug-likeness (QED) is 0.771. The fourth-order valence-electron chi connectivity index (χ4n) is 3.74. The minimum absolute atomic E-state index is 0. The Balaban J connectivity index is 0.00000288. The lowest BCUT2D eigenvalue weighted by atomic mass is 9.96. The molecule has 2 rings (SSSR count). The molecule has 1 aromatic rings. The molecule has 1 aliphatic heterocycles. The number of hydrogen-bond acceptors (Lipinski definition) is 5. The van der Waals surface area contributed by atoms with Gasteiger partial charge in [0.25, 0.3) is 0 Å². The van der Waals surface area contributed by atoms with E-state index in [1.807, 2.05) is 0 Å². The summed E-state index contributed by atoms with van der Waals surface area (Å²) in [5, 5.41) is 5.15. The van der Waals surface area contributed by atoms with Crippen molar-refractivity contribution in [1.82, 2.24) is 10.2 Å². The summed E-state index contributed by atoms with van der Waals surface area (Å²) in [5.74, 6) is 0.235. The molecule has 7 heteroatoms.